The van der Waals surface area contributed by atoms with E-state index in [-0.39, 0.29) is 16.4 Å². The first-order chi connectivity index (χ1) is 9.48. The van der Waals surface area contributed by atoms with Crippen LogP contribution in [-0.2, 0) is 6.54 Å². The van der Waals surface area contributed by atoms with Gasteiger partial charge in [0.05, 0.1) is 5.02 Å². The van der Waals surface area contributed by atoms with Crippen molar-refractivity contribution in [2.24, 2.45) is 0 Å². The minimum Gasteiger partial charge on any atom is -0.311 e. The van der Waals surface area contributed by atoms with Crippen LogP contribution in [0.25, 0.3) is 0 Å². The van der Waals surface area contributed by atoms with Crippen LogP contribution in [0.4, 0.5) is 4.39 Å². The first-order valence-corrected chi connectivity index (χ1v) is 7.78. The summed E-state index contributed by atoms with van der Waals surface area (Å²) in [5.74, 6) is -0.329. The summed E-state index contributed by atoms with van der Waals surface area (Å²) in [6.07, 6.45) is 2.19. The van der Waals surface area contributed by atoms with Crippen LogP contribution in [0.1, 0.15) is 39.2 Å². The fourth-order valence-corrected chi connectivity index (χ4v) is 2.88. The fraction of sp³-hybridized carbons (Fsp3) is 0.625. The zero-order valence-corrected chi connectivity index (χ0v) is 13.3. The van der Waals surface area contributed by atoms with Gasteiger partial charge in [0.25, 0.3) is 0 Å². The molecule has 0 aromatic heterocycles. The quantitative estimate of drug-likeness (QED) is 0.909. The first-order valence-electron chi connectivity index (χ1n) is 7.41. The maximum atomic E-state index is 13.6. The smallest absolute Gasteiger partial charge is 0.142 e. The summed E-state index contributed by atoms with van der Waals surface area (Å²) in [7, 11) is 0. The summed E-state index contributed by atoms with van der Waals surface area (Å²) in [5.41, 5.74) is 1.12. The highest BCUT2D eigenvalue weighted by molar-refractivity contribution is 6.30. The Kier molecular flexibility index (Phi) is 5.05. The fourth-order valence-electron chi connectivity index (χ4n) is 2.76. The van der Waals surface area contributed by atoms with Gasteiger partial charge in [0, 0.05) is 31.2 Å². The summed E-state index contributed by atoms with van der Waals surface area (Å²) in [6, 6.07) is 5.65. The van der Waals surface area contributed by atoms with E-state index in [0.29, 0.717) is 6.04 Å². The molecule has 1 aromatic carbocycles. The molecule has 0 spiro atoms. The Bertz CT molecular complexity index is 466. The van der Waals surface area contributed by atoms with E-state index in [9.17, 15) is 4.39 Å². The lowest BCUT2D eigenvalue weighted by atomic mass is 9.91. The Morgan fingerprint density at radius 2 is 2.20 bits per heavy atom. The molecule has 4 heteroatoms. The summed E-state index contributed by atoms with van der Waals surface area (Å²) >= 11 is 5.75. The molecule has 112 valence electrons. The van der Waals surface area contributed by atoms with Crippen LogP contribution < -0.4 is 5.32 Å². The van der Waals surface area contributed by atoms with Gasteiger partial charge in [-0.2, -0.15) is 0 Å². The van der Waals surface area contributed by atoms with Crippen molar-refractivity contribution in [1.29, 1.82) is 0 Å². The van der Waals surface area contributed by atoms with E-state index in [1.807, 2.05) is 6.07 Å². The molecule has 2 nitrogen and oxygen atoms in total. The third kappa shape index (κ3) is 3.33. The zero-order valence-electron chi connectivity index (χ0n) is 12.5. The molecule has 1 heterocycles. The number of nitrogens with zero attached hydrogens (tertiary/aromatic N) is 1. The minimum absolute atomic E-state index is 0.127. The van der Waals surface area contributed by atoms with Crippen LogP contribution in [0.15, 0.2) is 18.2 Å². The molecule has 2 rings (SSSR count). The molecule has 1 N–H and O–H groups in total. The Balaban J connectivity index is 2.16. The maximum absolute atomic E-state index is 13.6. The summed E-state index contributed by atoms with van der Waals surface area (Å²) in [4.78, 5) is 2.47. The van der Waals surface area contributed by atoms with Crippen LogP contribution in [0.2, 0.25) is 5.02 Å². The molecule has 0 aliphatic carbocycles. The molecule has 1 aliphatic rings. The molecule has 1 aromatic rings. The number of halogens is 2. The van der Waals surface area contributed by atoms with Gasteiger partial charge in [-0.05, 0) is 37.5 Å². The average molecular weight is 299 g/mol. The lowest BCUT2D eigenvalue weighted by Gasteiger charge is -2.48. The Hall–Kier alpha value is -0.640. The Labute approximate surface area is 126 Å². The number of rotatable bonds is 4. The monoisotopic (exact) mass is 298 g/mol. The number of hydrogen-bond donors (Lipinski definition) is 1. The third-order valence-electron chi connectivity index (χ3n) is 4.59. The van der Waals surface area contributed by atoms with Gasteiger partial charge in [0.15, 0.2) is 0 Å². The van der Waals surface area contributed by atoms with Gasteiger partial charge in [-0.1, -0.05) is 31.5 Å². The van der Waals surface area contributed by atoms with Crippen molar-refractivity contribution in [2.45, 2.75) is 51.7 Å². The normalized spacial score (nSPS) is 27.8. The van der Waals surface area contributed by atoms with E-state index >= 15 is 0 Å². The van der Waals surface area contributed by atoms with Crippen LogP contribution in [-0.4, -0.2) is 29.6 Å². The highest BCUT2D eigenvalue weighted by Crippen LogP contribution is 2.26. The number of piperazine rings is 1. The van der Waals surface area contributed by atoms with Crippen molar-refractivity contribution < 1.29 is 4.39 Å². The van der Waals surface area contributed by atoms with E-state index in [0.717, 1.165) is 38.0 Å². The Morgan fingerprint density at radius 1 is 1.45 bits per heavy atom. The second kappa shape index (κ2) is 6.42. The number of nitrogens with one attached hydrogen (secondary N) is 1. The zero-order chi connectivity index (χ0) is 14.8. The van der Waals surface area contributed by atoms with Gasteiger partial charge >= 0.3 is 0 Å². The third-order valence-corrected chi connectivity index (χ3v) is 4.89. The minimum atomic E-state index is -0.329. The van der Waals surface area contributed by atoms with E-state index in [1.54, 1.807) is 12.1 Å². The second-order valence-corrected chi connectivity index (χ2v) is 6.37. The first kappa shape index (κ1) is 15.7. The van der Waals surface area contributed by atoms with E-state index < -0.39 is 0 Å². The maximum Gasteiger partial charge on any atom is 0.142 e. The number of benzene rings is 1. The molecular formula is C16H24ClFN2. The van der Waals surface area contributed by atoms with E-state index in [2.05, 4.69) is 31.0 Å². The van der Waals surface area contributed by atoms with Crippen LogP contribution in [0.3, 0.4) is 0 Å². The van der Waals surface area contributed by atoms with Crippen LogP contribution >= 0.6 is 11.6 Å². The van der Waals surface area contributed by atoms with E-state index in [4.69, 9.17) is 11.6 Å². The molecular weight excluding hydrogens is 275 g/mol. The predicted octanol–water partition coefficient (Wildman–Crippen LogP) is 3.83. The average Bonchev–Trinajstić information content (AvgIpc) is 2.45. The van der Waals surface area contributed by atoms with Crippen molar-refractivity contribution in [3.05, 3.63) is 34.6 Å². The van der Waals surface area contributed by atoms with Gasteiger partial charge in [0.1, 0.15) is 5.82 Å². The van der Waals surface area contributed by atoms with Crippen LogP contribution in [0, 0.1) is 5.82 Å². The standard InChI is InChI=1S/C16H24ClFN2/c1-4-13-10-20(16(3,5-2)11-19-13)9-12-6-7-14(17)15(18)8-12/h6-8,13,19H,4-5,9-11H2,1-3H3. The summed E-state index contributed by atoms with van der Waals surface area (Å²) in [6.45, 7) is 9.45. The summed E-state index contributed by atoms with van der Waals surface area (Å²) in [5, 5.41) is 3.80. The summed E-state index contributed by atoms with van der Waals surface area (Å²) < 4.78 is 13.6. The van der Waals surface area contributed by atoms with Crippen molar-refractivity contribution in [1.82, 2.24) is 10.2 Å². The number of hydrogen-bond acceptors (Lipinski definition) is 2. The molecule has 20 heavy (non-hydrogen) atoms. The van der Waals surface area contributed by atoms with Crippen LogP contribution in [0.5, 0.6) is 0 Å². The molecule has 1 aliphatic heterocycles. The highest BCUT2D eigenvalue weighted by Gasteiger charge is 2.35. The highest BCUT2D eigenvalue weighted by atomic mass is 35.5. The van der Waals surface area contributed by atoms with Crippen molar-refractivity contribution in [3.63, 3.8) is 0 Å². The molecule has 1 saturated heterocycles. The predicted molar refractivity (Wildman–Crippen MR) is 82.6 cm³/mol. The van der Waals surface area contributed by atoms with Gasteiger partial charge in [-0.3, -0.25) is 4.90 Å². The van der Waals surface area contributed by atoms with E-state index in [1.165, 1.54) is 0 Å². The molecule has 0 saturated carbocycles. The Morgan fingerprint density at radius 3 is 2.80 bits per heavy atom. The SMILES string of the molecule is CCC1CN(Cc2ccc(Cl)c(F)c2)C(C)(CC)CN1. The lowest BCUT2D eigenvalue weighted by Crippen LogP contribution is -2.62. The lowest BCUT2D eigenvalue weighted by molar-refractivity contribution is 0.0407. The van der Waals surface area contributed by atoms with Gasteiger partial charge < -0.3 is 5.32 Å². The topological polar surface area (TPSA) is 15.3 Å². The molecule has 0 radical (unpaired) electrons. The molecule has 2 atom stereocenters. The van der Waals surface area contributed by atoms with Crippen molar-refractivity contribution >= 4 is 11.6 Å². The molecule has 1 fully saturated rings. The van der Waals surface area contributed by atoms with Gasteiger partial charge in [-0.25, -0.2) is 4.39 Å². The van der Waals surface area contributed by atoms with Crippen molar-refractivity contribution in [2.75, 3.05) is 13.1 Å². The molecule has 0 bridgehead atoms. The second-order valence-electron chi connectivity index (χ2n) is 5.97. The largest absolute Gasteiger partial charge is 0.311 e. The molecule has 0 amide bonds. The molecule has 2 unspecified atom stereocenters. The van der Waals surface area contributed by atoms with Crippen molar-refractivity contribution in [3.8, 4) is 0 Å². The van der Waals surface area contributed by atoms with Gasteiger partial charge in [-0.15, -0.1) is 0 Å². The van der Waals surface area contributed by atoms with Gasteiger partial charge in [0.2, 0.25) is 0 Å².